The summed E-state index contributed by atoms with van der Waals surface area (Å²) in [6.07, 6.45) is -1.14. The molecule has 0 atom stereocenters. The van der Waals surface area contributed by atoms with E-state index in [4.69, 9.17) is 0 Å². The second-order valence-corrected chi connectivity index (χ2v) is 8.81. The predicted octanol–water partition coefficient (Wildman–Crippen LogP) is 2.20. The first-order valence-electron chi connectivity index (χ1n) is 8.52. The first-order chi connectivity index (χ1) is 13.1. The van der Waals surface area contributed by atoms with Crippen LogP contribution in [0, 0.1) is 0 Å². The number of halogens is 2. The van der Waals surface area contributed by atoms with Crippen molar-refractivity contribution in [3.8, 4) is 0 Å². The number of carbonyl (C=O) groups excluding carboxylic acids is 1. The molecule has 0 aliphatic carbocycles. The summed E-state index contributed by atoms with van der Waals surface area (Å²) in [5.74, 6) is 0. The molecule has 2 aromatic rings. The van der Waals surface area contributed by atoms with E-state index in [1.54, 1.807) is 18.2 Å². The molecular formula is C17H21F2N5O3S. The molecule has 1 aliphatic rings. The molecule has 1 aromatic carbocycles. The number of hydrogen-bond acceptors (Lipinski definition) is 4. The van der Waals surface area contributed by atoms with Gasteiger partial charge in [-0.2, -0.15) is 5.10 Å². The number of alkyl halides is 2. The Morgan fingerprint density at radius 3 is 2.68 bits per heavy atom. The van der Waals surface area contributed by atoms with E-state index in [0.29, 0.717) is 17.5 Å². The van der Waals surface area contributed by atoms with Gasteiger partial charge in [0.15, 0.2) is 5.69 Å². The molecule has 8 nitrogen and oxygen atoms in total. The summed E-state index contributed by atoms with van der Waals surface area (Å²) in [4.78, 5) is 14.2. The highest BCUT2D eigenvalue weighted by Crippen LogP contribution is 2.29. The smallest absolute Gasteiger partial charge is 0.320 e. The van der Waals surface area contributed by atoms with Crippen LogP contribution in [0.5, 0.6) is 0 Å². The van der Waals surface area contributed by atoms with E-state index in [1.807, 2.05) is 0 Å². The van der Waals surface area contributed by atoms with Crippen LogP contribution in [0.1, 0.15) is 23.2 Å². The third-order valence-corrected chi connectivity index (χ3v) is 6.47. The lowest BCUT2D eigenvalue weighted by molar-refractivity contribution is 0.146. The number of aromatic nitrogens is 2. The Morgan fingerprint density at radius 1 is 1.32 bits per heavy atom. The molecule has 0 bridgehead atoms. The molecule has 1 N–H and O–H groups in total. The Balaban J connectivity index is 1.82. The number of anilines is 1. The number of rotatable bonds is 4. The second-order valence-electron chi connectivity index (χ2n) is 6.69. The predicted molar refractivity (Wildman–Crippen MR) is 98.6 cm³/mol. The lowest BCUT2D eigenvalue weighted by Crippen LogP contribution is -2.39. The fraction of sp³-hybridized carbons (Fsp3) is 0.412. The Hall–Kier alpha value is -2.53. The van der Waals surface area contributed by atoms with Gasteiger partial charge in [0.05, 0.1) is 10.6 Å². The zero-order valence-corrected chi connectivity index (χ0v) is 16.5. The second kappa shape index (κ2) is 7.47. The zero-order chi connectivity index (χ0) is 20.6. The number of amides is 2. The number of fused-ring (bicyclic) bond motifs is 1. The van der Waals surface area contributed by atoms with Crippen LogP contribution >= 0.6 is 0 Å². The van der Waals surface area contributed by atoms with Crippen LogP contribution in [0.25, 0.3) is 0 Å². The first kappa shape index (κ1) is 20.2. The summed E-state index contributed by atoms with van der Waals surface area (Å²) >= 11 is 0. The van der Waals surface area contributed by atoms with Gasteiger partial charge in [0.1, 0.15) is 0 Å². The zero-order valence-electron chi connectivity index (χ0n) is 15.7. The minimum absolute atomic E-state index is 0.0442. The molecule has 0 saturated heterocycles. The maximum absolute atomic E-state index is 13.1. The van der Waals surface area contributed by atoms with Crippen LogP contribution in [-0.4, -0.2) is 54.1 Å². The topological polar surface area (TPSA) is 87.5 Å². The van der Waals surface area contributed by atoms with Gasteiger partial charge in [0.2, 0.25) is 10.0 Å². The van der Waals surface area contributed by atoms with Crippen molar-refractivity contribution >= 4 is 21.7 Å². The summed E-state index contributed by atoms with van der Waals surface area (Å²) in [5.41, 5.74) is 0.851. The van der Waals surface area contributed by atoms with Crippen LogP contribution in [0.15, 0.2) is 29.3 Å². The Kier molecular flexibility index (Phi) is 5.39. The van der Waals surface area contributed by atoms with Crippen molar-refractivity contribution in [2.24, 2.45) is 7.05 Å². The van der Waals surface area contributed by atoms with E-state index < -0.39 is 28.2 Å². The quantitative estimate of drug-likeness (QED) is 0.833. The maximum atomic E-state index is 13.1. The summed E-state index contributed by atoms with van der Waals surface area (Å²) < 4.78 is 53.5. The summed E-state index contributed by atoms with van der Waals surface area (Å²) in [6.45, 7) is 0.450. The number of benzene rings is 1. The first-order valence-corrected chi connectivity index (χ1v) is 9.96. The van der Waals surface area contributed by atoms with Gasteiger partial charge < -0.3 is 10.2 Å². The highest BCUT2D eigenvalue weighted by molar-refractivity contribution is 7.89. The van der Waals surface area contributed by atoms with E-state index in [2.05, 4.69) is 10.4 Å². The third-order valence-electron chi connectivity index (χ3n) is 4.57. The number of nitrogens with zero attached hydrogens (tertiary/aromatic N) is 4. The molecule has 0 unspecified atom stereocenters. The fourth-order valence-electron chi connectivity index (χ4n) is 3.14. The molecule has 0 spiro atoms. The average molecular weight is 413 g/mol. The Morgan fingerprint density at radius 2 is 2.04 bits per heavy atom. The van der Waals surface area contributed by atoms with Gasteiger partial charge in [-0.3, -0.25) is 4.68 Å². The van der Waals surface area contributed by atoms with Crippen LogP contribution in [0.3, 0.4) is 0 Å². The van der Waals surface area contributed by atoms with Crippen molar-refractivity contribution in [3.63, 3.8) is 0 Å². The van der Waals surface area contributed by atoms with Gasteiger partial charge in [0.25, 0.3) is 6.43 Å². The van der Waals surface area contributed by atoms with Crippen LogP contribution < -0.4 is 5.32 Å². The lowest BCUT2D eigenvalue weighted by atomic mass is 10.00. The van der Waals surface area contributed by atoms with Gasteiger partial charge in [-0.05, 0) is 23.6 Å². The summed E-state index contributed by atoms with van der Waals surface area (Å²) in [6, 6.07) is 4.40. The summed E-state index contributed by atoms with van der Waals surface area (Å²) in [5, 5.41) is 6.13. The van der Waals surface area contributed by atoms with Crippen LogP contribution in [0.2, 0.25) is 0 Å². The largest absolute Gasteiger partial charge is 0.322 e. The number of nitrogens with one attached hydrogen (secondary N) is 1. The molecule has 152 valence electrons. The van der Waals surface area contributed by atoms with E-state index >= 15 is 0 Å². The molecule has 11 heteroatoms. The van der Waals surface area contributed by atoms with E-state index in [1.165, 1.54) is 36.9 Å². The Bertz CT molecular complexity index is 1000. The maximum Gasteiger partial charge on any atom is 0.322 e. The van der Waals surface area contributed by atoms with Crippen LogP contribution in [-0.2, 0) is 30.0 Å². The standard InChI is InChI=1S/C17H21F2N5O3S/c1-22(2)28(26,27)14-6-4-5-11-9-24(8-7-12(11)14)17(25)20-13-10-23(3)21-15(13)16(18)19/h4-6,10,16H,7-9H2,1-3H3,(H,20,25). The van der Waals surface area contributed by atoms with Gasteiger partial charge in [0, 0.05) is 40.4 Å². The van der Waals surface area contributed by atoms with Crippen molar-refractivity contribution in [2.75, 3.05) is 26.0 Å². The minimum Gasteiger partial charge on any atom is -0.320 e. The Labute approximate surface area is 161 Å². The molecule has 28 heavy (non-hydrogen) atoms. The van der Waals surface area contributed by atoms with Crippen molar-refractivity contribution < 1.29 is 22.0 Å². The normalized spacial score (nSPS) is 14.5. The van der Waals surface area contributed by atoms with Gasteiger partial charge >= 0.3 is 6.03 Å². The van der Waals surface area contributed by atoms with Gasteiger partial charge in [-0.1, -0.05) is 12.1 Å². The molecule has 2 heterocycles. The molecule has 1 aromatic heterocycles. The van der Waals surface area contributed by atoms with Crippen molar-refractivity contribution in [1.29, 1.82) is 0 Å². The van der Waals surface area contributed by atoms with E-state index in [-0.39, 0.29) is 23.7 Å². The molecule has 2 amide bonds. The van der Waals surface area contributed by atoms with Crippen molar-refractivity contribution in [2.45, 2.75) is 24.3 Å². The monoisotopic (exact) mass is 413 g/mol. The van der Waals surface area contributed by atoms with E-state index in [9.17, 15) is 22.0 Å². The molecule has 0 fully saturated rings. The molecule has 3 rings (SSSR count). The number of sulfonamides is 1. The van der Waals surface area contributed by atoms with Crippen LogP contribution in [0.4, 0.5) is 19.3 Å². The number of carbonyl (C=O) groups is 1. The summed E-state index contributed by atoms with van der Waals surface area (Å²) in [7, 11) is 0.823. The fourth-order valence-corrected chi connectivity index (χ4v) is 4.33. The molecule has 1 aliphatic heterocycles. The number of urea groups is 1. The number of aryl methyl sites for hydroxylation is 1. The lowest BCUT2D eigenvalue weighted by Gasteiger charge is -2.30. The van der Waals surface area contributed by atoms with Gasteiger partial charge in [-0.15, -0.1) is 0 Å². The SMILES string of the molecule is CN(C)S(=O)(=O)c1cccc2c1CCN(C(=O)Nc1cn(C)nc1C(F)F)C2. The van der Waals surface area contributed by atoms with Crippen molar-refractivity contribution in [3.05, 3.63) is 41.2 Å². The highest BCUT2D eigenvalue weighted by atomic mass is 32.2. The average Bonchev–Trinajstić information content (AvgIpc) is 3.01. The number of hydrogen-bond donors (Lipinski definition) is 1. The minimum atomic E-state index is -3.60. The molecule has 0 saturated carbocycles. The molecular weight excluding hydrogens is 392 g/mol. The van der Waals surface area contributed by atoms with Crippen molar-refractivity contribution in [1.82, 2.24) is 19.0 Å². The third kappa shape index (κ3) is 3.72. The van der Waals surface area contributed by atoms with E-state index in [0.717, 1.165) is 4.31 Å². The highest BCUT2D eigenvalue weighted by Gasteiger charge is 2.29. The molecule has 0 radical (unpaired) electrons. The van der Waals surface area contributed by atoms with Gasteiger partial charge in [-0.25, -0.2) is 26.3 Å².